The first kappa shape index (κ1) is 17.7. The molecule has 4 aromatic rings. The molecule has 0 aliphatic carbocycles. The topological polar surface area (TPSA) is 114 Å². The summed E-state index contributed by atoms with van der Waals surface area (Å²) in [7, 11) is 0. The van der Waals surface area contributed by atoms with E-state index in [-0.39, 0.29) is 5.82 Å². The van der Waals surface area contributed by atoms with Gasteiger partial charge in [-0.05, 0) is 24.1 Å². The first-order valence-electron chi connectivity index (χ1n) is 9.18. The summed E-state index contributed by atoms with van der Waals surface area (Å²) in [4.78, 5) is 4.73. The Labute approximate surface area is 163 Å². The van der Waals surface area contributed by atoms with Gasteiger partial charge in [0, 0.05) is 12.6 Å². The van der Waals surface area contributed by atoms with Gasteiger partial charge in [0.15, 0.2) is 11.6 Å². The zero-order chi connectivity index (χ0) is 19.7. The Hall–Kier alpha value is -3.74. The van der Waals surface area contributed by atoms with Crippen LogP contribution in [-0.2, 0) is 13.0 Å². The molecule has 0 radical (unpaired) electrons. The molecule has 0 bridgehead atoms. The van der Waals surface area contributed by atoms with E-state index in [1.807, 2.05) is 49.4 Å². The molecule has 0 amide bonds. The van der Waals surface area contributed by atoms with E-state index < -0.39 is 0 Å². The largest absolute Gasteiger partial charge is 0.393 e. The average Bonchev–Trinajstić information content (AvgIpc) is 3.28. The molecule has 142 valence electrons. The van der Waals surface area contributed by atoms with Crippen LogP contribution in [0.25, 0.3) is 22.6 Å². The number of imidazole rings is 1. The zero-order valence-electron chi connectivity index (χ0n) is 15.7. The maximum atomic E-state index is 6.46. The highest BCUT2D eigenvalue weighted by Gasteiger charge is 2.18. The molecule has 7 heteroatoms. The molecule has 4 rings (SSSR count). The van der Waals surface area contributed by atoms with Gasteiger partial charge in [-0.3, -0.25) is 0 Å². The number of aromatic nitrogens is 4. The number of anilines is 1. The molecule has 0 fully saturated rings. The van der Waals surface area contributed by atoms with Gasteiger partial charge in [-0.2, -0.15) is 9.78 Å². The Morgan fingerprint density at radius 3 is 2.43 bits per heavy atom. The summed E-state index contributed by atoms with van der Waals surface area (Å²) in [6.07, 6.45) is 0.761. The number of nitrogens with two attached hydrogens (primary N) is 3. The minimum Gasteiger partial charge on any atom is -0.393 e. The van der Waals surface area contributed by atoms with E-state index in [1.54, 1.807) is 6.07 Å². The monoisotopic (exact) mass is 373 g/mol. The van der Waals surface area contributed by atoms with Gasteiger partial charge < -0.3 is 21.8 Å². The molecular weight excluding hydrogens is 350 g/mol. The molecule has 0 unspecified atom stereocenters. The number of aryl methyl sites for hydroxylation is 1. The maximum absolute atomic E-state index is 6.46. The highest BCUT2D eigenvalue weighted by Crippen LogP contribution is 2.23. The number of nitrogens with zero attached hydrogens (tertiary/aromatic N) is 4. The van der Waals surface area contributed by atoms with Crippen molar-refractivity contribution in [3.05, 3.63) is 77.7 Å². The van der Waals surface area contributed by atoms with E-state index in [0.29, 0.717) is 23.9 Å². The number of nitrogen functional groups attached to an aromatic ring is 1. The van der Waals surface area contributed by atoms with Crippen LogP contribution in [0.1, 0.15) is 24.0 Å². The van der Waals surface area contributed by atoms with Crippen LogP contribution in [0.4, 0.5) is 5.82 Å². The number of benzene rings is 2. The average molecular weight is 373 g/mol. The third-order valence-electron chi connectivity index (χ3n) is 4.73. The van der Waals surface area contributed by atoms with Crippen molar-refractivity contribution in [2.45, 2.75) is 19.9 Å². The molecule has 0 saturated carbocycles. The molecule has 0 saturated heterocycles. The van der Waals surface area contributed by atoms with E-state index in [2.05, 4.69) is 21.8 Å². The molecule has 2 heterocycles. The SMILES string of the molecule is CCc1cc(N)n(/C(N)=C(\N)c2nc3ccccc3n2Cc2ccccc2)n1. The van der Waals surface area contributed by atoms with E-state index in [9.17, 15) is 0 Å². The summed E-state index contributed by atoms with van der Waals surface area (Å²) in [5, 5.41) is 4.43. The van der Waals surface area contributed by atoms with E-state index in [0.717, 1.165) is 28.7 Å². The van der Waals surface area contributed by atoms with E-state index in [1.165, 1.54) is 4.68 Å². The highest BCUT2D eigenvalue weighted by molar-refractivity contribution is 5.84. The quantitative estimate of drug-likeness (QED) is 0.498. The fourth-order valence-electron chi connectivity index (χ4n) is 3.25. The second-order valence-electron chi connectivity index (χ2n) is 6.62. The van der Waals surface area contributed by atoms with Gasteiger partial charge in [-0.1, -0.05) is 49.4 Å². The molecule has 28 heavy (non-hydrogen) atoms. The van der Waals surface area contributed by atoms with Crippen LogP contribution >= 0.6 is 0 Å². The predicted molar refractivity (Wildman–Crippen MR) is 113 cm³/mol. The van der Waals surface area contributed by atoms with Crippen molar-refractivity contribution in [2.75, 3.05) is 5.73 Å². The molecule has 0 atom stereocenters. The van der Waals surface area contributed by atoms with Crippen molar-refractivity contribution in [2.24, 2.45) is 11.5 Å². The zero-order valence-corrected chi connectivity index (χ0v) is 15.7. The number of fused-ring (bicyclic) bond motifs is 1. The number of rotatable bonds is 5. The minimum atomic E-state index is 0.266. The summed E-state index contributed by atoms with van der Waals surface area (Å²) >= 11 is 0. The van der Waals surface area contributed by atoms with Crippen LogP contribution < -0.4 is 17.2 Å². The fraction of sp³-hybridized carbons (Fsp3) is 0.143. The van der Waals surface area contributed by atoms with Gasteiger partial charge in [0.1, 0.15) is 11.5 Å². The van der Waals surface area contributed by atoms with Crippen molar-refractivity contribution in [3.8, 4) is 0 Å². The van der Waals surface area contributed by atoms with Crippen molar-refractivity contribution >= 4 is 28.4 Å². The standard InChI is InChI=1S/C21H23N7/c1-2-15-12-18(22)28(26-15)20(24)19(23)21-25-16-10-6-7-11-17(16)27(21)13-14-8-4-3-5-9-14/h3-12H,2,13,22-24H2,1H3/b20-19-. The van der Waals surface area contributed by atoms with E-state index in [4.69, 9.17) is 22.2 Å². The summed E-state index contributed by atoms with van der Waals surface area (Å²) in [6, 6.07) is 19.9. The van der Waals surface area contributed by atoms with Gasteiger partial charge in [-0.15, -0.1) is 0 Å². The lowest BCUT2D eigenvalue weighted by Gasteiger charge is -2.12. The lowest BCUT2D eigenvalue weighted by atomic mass is 10.2. The predicted octanol–water partition coefficient (Wildman–Crippen LogP) is 2.63. The van der Waals surface area contributed by atoms with E-state index >= 15 is 0 Å². The number of hydrogen-bond acceptors (Lipinski definition) is 5. The van der Waals surface area contributed by atoms with Crippen molar-refractivity contribution in [3.63, 3.8) is 0 Å². The lowest BCUT2D eigenvalue weighted by molar-refractivity contribution is 0.801. The minimum absolute atomic E-state index is 0.266. The summed E-state index contributed by atoms with van der Waals surface area (Å²) in [6.45, 7) is 2.63. The summed E-state index contributed by atoms with van der Waals surface area (Å²) < 4.78 is 3.54. The molecule has 2 aromatic heterocycles. The second kappa shape index (κ2) is 7.11. The highest BCUT2D eigenvalue weighted by atomic mass is 15.4. The smallest absolute Gasteiger partial charge is 0.161 e. The van der Waals surface area contributed by atoms with Crippen LogP contribution in [0, 0.1) is 0 Å². The molecule has 0 aliphatic heterocycles. The molecule has 0 spiro atoms. The van der Waals surface area contributed by atoms with Crippen molar-refractivity contribution in [1.82, 2.24) is 19.3 Å². The second-order valence-corrected chi connectivity index (χ2v) is 6.62. The summed E-state index contributed by atoms with van der Waals surface area (Å²) in [5.41, 5.74) is 23.1. The van der Waals surface area contributed by atoms with Gasteiger partial charge in [0.05, 0.1) is 16.7 Å². The first-order valence-corrected chi connectivity index (χ1v) is 9.18. The Kier molecular flexibility index (Phi) is 4.49. The Morgan fingerprint density at radius 2 is 1.71 bits per heavy atom. The summed E-state index contributed by atoms with van der Waals surface area (Å²) in [5.74, 6) is 1.31. The fourth-order valence-corrected chi connectivity index (χ4v) is 3.25. The number of hydrogen-bond donors (Lipinski definition) is 3. The van der Waals surface area contributed by atoms with Crippen LogP contribution in [0.15, 0.2) is 60.7 Å². The van der Waals surface area contributed by atoms with Crippen LogP contribution in [0.2, 0.25) is 0 Å². The number of para-hydroxylation sites is 2. The molecule has 7 nitrogen and oxygen atoms in total. The van der Waals surface area contributed by atoms with Gasteiger partial charge in [-0.25, -0.2) is 4.98 Å². The lowest BCUT2D eigenvalue weighted by Crippen LogP contribution is -2.19. The Bertz CT molecular complexity index is 1150. The van der Waals surface area contributed by atoms with Crippen LogP contribution in [0.5, 0.6) is 0 Å². The first-order chi connectivity index (χ1) is 13.6. The van der Waals surface area contributed by atoms with Crippen molar-refractivity contribution in [1.29, 1.82) is 0 Å². The Balaban J connectivity index is 1.87. The van der Waals surface area contributed by atoms with Crippen LogP contribution in [0.3, 0.4) is 0 Å². The van der Waals surface area contributed by atoms with Gasteiger partial charge in [0.2, 0.25) is 0 Å². The molecule has 2 aromatic carbocycles. The van der Waals surface area contributed by atoms with Gasteiger partial charge in [0.25, 0.3) is 0 Å². The molecule has 0 aliphatic rings. The van der Waals surface area contributed by atoms with Crippen molar-refractivity contribution < 1.29 is 0 Å². The molecule has 6 N–H and O–H groups in total. The van der Waals surface area contributed by atoms with Gasteiger partial charge >= 0.3 is 0 Å². The normalized spacial score (nSPS) is 12.3. The molecular formula is C21H23N7. The third kappa shape index (κ3) is 3.07. The third-order valence-corrected chi connectivity index (χ3v) is 4.73. The van der Waals surface area contributed by atoms with Crippen LogP contribution in [-0.4, -0.2) is 19.3 Å². The maximum Gasteiger partial charge on any atom is 0.161 e. The Morgan fingerprint density at radius 1 is 1.00 bits per heavy atom.